The number of halogens is 4. The van der Waals surface area contributed by atoms with Crippen LogP contribution >= 0.6 is 0 Å². The number of nitrogens with zero attached hydrogens (tertiary/aromatic N) is 5. The molecule has 2 atom stereocenters. The molecule has 0 aliphatic carbocycles. The van der Waals surface area contributed by atoms with Gasteiger partial charge in [-0.1, -0.05) is 36.3 Å². The number of ether oxygens (including phenoxy) is 1. The standard InChI is InChI=1S/C28H24F4N6O4S/c1-18(35-27(39)42-16-19-6-3-2-4-7-19)9-10-22-21(14-20(29)15-33-22)24-8-5-13-37(24)25-12-11-23-26(36-25)38(17-34-23)43(40,41)28(30,31)32/h2-4,6-7,11-12,14-15,17-18,24H,5,8,13,16H2,1H3,(H,35,39)/t18-,24-/m1/s1. The third-order valence-corrected chi connectivity index (χ3v) is 8.02. The molecule has 1 saturated heterocycles. The molecule has 1 fully saturated rings. The lowest BCUT2D eigenvalue weighted by Crippen LogP contribution is -2.32. The number of imidazole rings is 1. The zero-order chi connectivity index (χ0) is 30.8. The molecule has 43 heavy (non-hydrogen) atoms. The van der Waals surface area contributed by atoms with Crippen molar-refractivity contribution < 1.29 is 35.5 Å². The molecular weight excluding hydrogens is 592 g/mol. The number of fused-ring (bicyclic) bond motifs is 1. The molecule has 0 bridgehead atoms. The first-order valence-electron chi connectivity index (χ1n) is 13.0. The molecule has 224 valence electrons. The Morgan fingerprint density at radius 3 is 2.70 bits per heavy atom. The van der Waals surface area contributed by atoms with Gasteiger partial charge in [0.25, 0.3) is 0 Å². The minimum absolute atomic E-state index is 0.00317. The van der Waals surface area contributed by atoms with E-state index in [-0.39, 0.29) is 27.6 Å². The Balaban J connectivity index is 1.38. The van der Waals surface area contributed by atoms with E-state index in [0.29, 0.717) is 31.3 Å². The van der Waals surface area contributed by atoms with Gasteiger partial charge in [-0.25, -0.2) is 28.1 Å². The number of rotatable bonds is 6. The Hall–Kier alpha value is -4.71. The van der Waals surface area contributed by atoms with Gasteiger partial charge in [0, 0.05) is 12.1 Å². The number of alkyl carbamates (subject to hydrolysis) is 1. The van der Waals surface area contributed by atoms with Crippen LogP contribution in [0.25, 0.3) is 11.2 Å². The number of alkyl halides is 3. The van der Waals surface area contributed by atoms with Crippen LogP contribution < -0.4 is 10.2 Å². The lowest BCUT2D eigenvalue weighted by atomic mass is 10.0. The Bertz CT molecular complexity index is 1820. The van der Waals surface area contributed by atoms with Crippen molar-refractivity contribution in [2.75, 3.05) is 11.4 Å². The fraction of sp³-hybridized carbons (Fsp3) is 0.286. The first-order chi connectivity index (χ1) is 20.4. The van der Waals surface area contributed by atoms with Crippen LogP contribution in [0.3, 0.4) is 0 Å². The van der Waals surface area contributed by atoms with Crippen LogP contribution in [0, 0.1) is 17.7 Å². The molecule has 0 unspecified atom stereocenters. The number of anilines is 1. The molecule has 4 aromatic rings. The van der Waals surface area contributed by atoms with E-state index in [1.807, 2.05) is 30.3 Å². The van der Waals surface area contributed by atoms with Gasteiger partial charge in [0.05, 0.1) is 18.3 Å². The SMILES string of the molecule is C[C@H](C#Cc1ncc(F)cc1[C@H]1CCCN1c1ccc2ncn(S(=O)(=O)C(F)(F)F)c2n1)NC(=O)OCc1ccccc1. The molecule has 1 amide bonds. The molecule has 1 aliphatic heterocycles. The molecule has 1 N–H and O–H groups in total. The monoisotopic (exact) mass is 616 g/mol. The summed E-state index contributed by atoms with van der Waals surface area (Å²) < 4.78 is 83.4. The summed E-state index contributed by atoms with van der Waals surface area (Å²) in [5.41, 5.74) is -4.64. The number of aromatic nitrogens is 4. The maximum absolute atomic E-state index is 14.4. The van der Waals surface area contributed by atoms with E-state index in [1.165, 1.54) is 18.2 Å². The van der Waals surface area contributed by atoms with Crippen molar-refractivity contribution in [3.63, 3.8) is 0 Å². The van der Waals surface area contributed by atoms with Gasteiger partial charge in [0.15, 0.2) is 5.65 Å². The fourth-order valence-electron chi connectivity index (χ4n) is 4.64. The van der Waals surface area contributed by atoms with E-state index in [2.05, 4.69) is 32.1 Å². The van der Waals surface area contributed by atoms with Crippen LogP contribution in [0.15, 0.2) is 61.1 Å². The molecule has 0 saturated carbocycles. The smallest absolute Gasteiger partial charge is 0.445 e. The van der Waals surface area contributed by atoms with Crippen molar-refractivity contribution in [3.05, 3.63) is 83.7 Å². The molecule has 1 aliphatic rings. The molecule has 5 rings (SSSR count). The Morgan fingerprint density at radius 2 is 1.95 bits per heavy atom. The number of carbonyl (C=O) groups excluding carboxylic acids is 1. The maximum Gasteiger partial charge on any atom is 0.517 e. The molecule has 15 heteroatoms. The van der Waals surface area contributed by atoms with Crippen LogP contribution in [-0.4, -0.2) is 51.5 Å². The quantitative estimate of drug-likeness (QED) is 0.245. The minimum Gasteiger partial charge on any atom is -0.445 e. The highest BCUT2D eigenvalue weighted by Gasteiger charge is 2.48. The topological polar surface area (TPSA) is 119 Å². The highest BCUT2D eigenvalue weighted by Crippen LogP contribution is 2.37. The van der Waals surface area contributed by atoms with Gasteiger partial charge in [-0.3, -0.25) is 0 Å². The van der Waals surface area contributed by atoms with Crippen molar-refractivity contribution in [1.29, 1.82) is 0 Å². The zero-order valence-electron chi connectivity index (χ0n) is 22.5. The third-order valence-electron chi connectivity index (χ3n) is 6.65. The summed E-state index contributed by atoms with van der Waals surface area (Å²) in [5.74, 6) is 5.29. The van der Waals surface area contributed by atoms with Crippen LogP contribution in [0.1, 0.15) is 42.6 Å². The van der Waals surface area contributed by atoms with Crippen LogP contribution in [0.5, 0.6) is 0 Å². The number of benzene rings is 1. The third kappa shape index (κ3) is 6.38. The van der Waals surface area contributed by atoms with Crippen molar-refractivity contribution in [2.24, 2.45) is 0 Å². The lowest BCUT2D eigenvalue weighted by Gasteiger charge is -2.26. The lowest BCUT2D eigenvalue weighted by molar-refractivity contribution is -0.0445. The summed E-state index contributed by atoms with van der Waals surface area (Å²) in [6.07, 6.45) is 2.03. The average molecular weight is 617 g/mol. The summed E-state index contributed by atoms with van der Waals surface area (Å²) in [6.45, 7) is 2.12. The summed E-state index contributed by atoms with van der Waals surface area (Å²) in [6, 6.07) is 12.1. The molecule has 0 spiro atoms. The summed E-state index contributed by atoms with van der Waals surface area (Å²) >= 11 is 0. The van der Waals surface area contributed by atoms with E-state index in [9.17, 15) is 30.8 Å². The highest BCUT2D eigenvalue weighted by molar-refractivity contribution is 7.90. The number of hydrogen-bond donors (Lipinski definition) is 1. The summed E-state index contributed by atoms with van der Waals surface area (Å²) in [4.78, 5) is 26.0. The number of hydrogen-bond acceptors (Lipinski definition) is 8. The number of amides is 1. The highest BCUT2D eigenvalue weighted by atomic mass is 32.2. The Labute approximate surface area is 243 Å². The molecule has 3 aromatic heterocycles. The predicted octanol–water partition coefficient (Wildman–Crippen LogP) is 4.67. The number of pyridine rings is 2. The van der Waals surface area contributed by atoms with E-state index < -0.39 is 45.2 Å². The van der Waals surface area contributed by atoms with Gasteiger partial charge in [0.2, 0.25) is 0 Å². The molecular formula is C28H24F4N6O4S. The van der Waals surface area contributed by atoms with Crippen molar-refractivity contribution in [2.45, 2.75) is 44.0 Å². The largest absolute Gasteiger partial charge is 0.517 e. The predicted molar refractivity (Wildman–Crippen MR) is 148 cm³/mol. The van der Waals surface area contributed by atoms with E-state index in [0.717, 1.165) is 11.8 Å². The average Bonchev–Trinajstić information content (AvgIpc) is 3.63. The Kier molecular flexibility index (Phi) is 8.23. The van der Waals surface area contributed by atoms with Gasteiger partial charge in [-0.15, -0.1) is 0 Å². The summed E-state index contributed by atoms with van der Waals surface area (Å²) in [7, 11) is -5.76. The normalized spacial score (nSPS) is 16.0. The van der Waals surface area contributed by atoms with Crippen LogP contribution in [-0.2, 0) is 21.4 Å². The Morgan fingerprint density at radius 1 is 1.19 bits per heavy atom. The zero-order valence-corrected chi connectivity index (χ0v) is 23.4. The second kappa shape index (κ2) is 11.9. The van der Waals surface area contributed by atoms with Gasteiger partial charge >= 0.3 is 21.6 Å². The van der Waals surface area contributed by atoms with E-state index >= 15 is 0 Å². The second-order valence-electron chi connectivity index (χ2n) is 9.64. The van der Waals surface area contributed by atoms with Crippen LogP contribution in [0.2, 0.25) is 0 Å². The minimum atomic E-state index is -5.76. The fourth-order valence-corrected chi connectivity index (χ4v) is 5.40. The van der Waals surface area contributed by atoms with Crippen LogP contribution in [0.4, 0.5) is 28.2 Å². The molecule has 0 radical (unpaired) electrons. The van der Waals surface area contributed by atoms with Gasteiger partial charge in [-0.2, -0.15) is 21.6 Å². The maximum atomic E-state index is 14.4. The molecule has 4 heterocycles. The molecule has 1 aromatic carbocycles. The van der Waals surface area contributed by atoms with Crippen molar-refractivity contribution in [3.8, 4) is 11.8 Å². The van der Waals surface area contributed by atoms with Gasteiger partial charge in [0.1, 0.15) is 35.8 Å². The second-order valence-corrected chi connectivity index (χ2v) is 11.4. The number of nitrogens with one attached hydrogen (secondary N) is 1. The van der Waals surface area contributed by atoms with Gasteiger partial charge < -0.3 is 15.0 Å². The first kappa shape index (κ1) is 29.8. The summed E-state index contributed by atoms with van der Waals surface area (Å²) in [5, 5.41) is 2.60. The van der Waals surface area contributed by atoms with Crippen molar-refractivity contribution in [1.82, 2.24) is 24.2 Å². The van der Waals surface area contributed by atoms with E-state index in [4.69, 9.17) is 4.74 Å². The number of carbonyl (C=O) groups is 1. The van der Waals surface area contributed by atoms with E-state index in [1.54, 1.807) is 11.8 Å². The van der Waals surface area contributed by atoms with Gasteiger partial charge in [-0.05, 0) is 49.4 Å². The molecule has 10 nitrogen and oxygen atoms in total. The van der Waals surface area contributed by atoms with Crippen molar-refractivity contribution >= 4 is 33.1 Å². The first-order valence-corrected chi connectivity index (χ1v) is 14.4.